The topological polar surface area (TPSA) is 55.8 Å². The first-order valence-corrected chi connectivity index (χ1v) is 8.91. The molecule has 0 radical (unpaired) electrons. The Labute approximate surface area is 160 Å². The average molecular weight is 390 g/mol. The van der Waals surface area contributed by atoms with Gasteiger partial charge in [-0.15, -0.1) is 0 Å². The van der Waals surface area contributed by atoms with E-state index in [9.17, 15) is 9.59 Å². The largest absolute Gasteiger partial charge is 0.496 e. The fourth-order valence-electron chi connectivity index (χ4n) is 2.75. The van der Waals surface area contributed by atoms with Crippen molar-refractivity contribution < 1.29 is 19.1 Å². The molecule has 1 aliphatic heterocycles. The van der Waals surface area contributed by atoms with Crippen LogP contribution in [0.1, 0.15) is 11.1 Å². The predicted molar refractivity (Wildman–Crippen MR) is 104 cm³/mol. The number of nitrogens with zero attached hydrogens (tertiary/aromatic N) is 1. The van der Waals surface area contributed by atoms with Crippen molar-refractivity contribution in [3.05, 3.63) is 57.5 Å². The van der Waals surface area contributed by atoms with Crippen LogP contribution in [0.25, 0.3) is 6.08 Å². The van der Waals surface area contributed by atoms with Crippen LogP contribution in [0.15, 0.2) is 41.3 Å². The number of halogens is 1. The zero-order valence-electron chi connectivity index (χ0n) is 14.4. The Hall–Kier alpha value is -2.44. The second kappa shape index (κ2) is 7.43. The standard InChI is InChI=1S/C19H16ClNO4S/c1-11-15(24-2)9-8-12(17(11)25-3)10-16-18(22)21(19(23)26-16)14-7-5-4-6-13(14)20/h4-10H,1-3H3/b16-10+. The van der Waals surface area contributed by atoms with Gasteiger partial charge in [-0.25, -0.2) is 4.90 Å². The summed E-state index contributed by atoms with van der Waals surface area (Å²) >= 11 is 7.00. The summed E-state index contributed by atoms with van der Waals surface area (Å²) in [5.74, 6) is 0.862. The van der Waals surface area contributed by atoms with E-state index in [0.29, 0.717) is 32.7 Å². The predicted octanol–water partition coefficient (Wildman–Crippen LogP) is 4.91. The molecule has 0 bridgehead atoms. The first-order chi connectivity index (χ1) is 12.5. The molecule has 0 atom stereocenters. The van der Waals surface area contributed by atoms with E-state index in [-0.39, 0.29) is 0 Å². The summed E-state index contributed by atoms with van der Waals surface area (Å²) in [7, 11) is 3.13. The molecular weight excluding hydrogens is 374 g/mol. The molecule has 3 rings (SSSR count). The van der Waals surface area contributed by atoms with Crippen molar-refractivity contribution in [2.24, 2.45) is 0 Å². The molecule has 0 N–H and O–H groups in total. The molecule has 0 spiro atoms. The first kappa shape index (κ1) is 18.4. The molecule has 1 heterocycles. The van der Waals surface area contributed by atoms with Gasteiger partial charge in [-0.3, -0.25) is 9.59 Å². The maximum Gasteiger partial charge on any atom is 0.298 e. The molecule has 7 heteroatoms. The molecule has 2 amide bonds. The highest BCUT2D eigenvalue weighted by Gasteiger charge is 2.37. The quantitative estimate of drug-likeness (QED) is 0.695. The van der Waals surface area contributed by atoms with Gasteiger partial charge >= 0.3 is 0 Å². The van der Waals surface area contributed by atoms with Crippen molar-refractivity contribution >= 4 is 46.3 Å². The summed E-state index contributed by atoms with van der Waals surface area (Å²) in [4.78, 5) is 26.5. The zero-order chi connectivity index (χ0) is 18.8. The van der Waals surface area contributed by atoms with Crippen LogP contribution in [-0.2, 0) is 4.79 Å². The third kappa shape index (κ3) is 3.18. The number of rotatable bonds is 4. The minimum atomic E-state index is -0.413. The van der Waals surface area contributed by atoms with Crippen molar-refractivity contribution in [1.29, 1.82) is 0 Å². The number of anilines is 1. The van der Waals surface area contributed by atoms with Crippen LogP contribution in [-0.4, -0.2) is 25.4 Å². The minimum absolute atomic E-state index is 0.304. The van der Waals surface area contributed by atoms with Gasteiger partial charge in [-0.05, 0) is 49.0 Å². The molecule has 2 aromatic rings. The number of methoxy groups -OCH3 is 2. The Morgan fingerprint density at radius 1 is 1.08 bits per heavy atom. The molecule has 134 valence electrons. The number of hydrogen-bond donors (Lipinski definition) is 0. The van der Waals surface area contributed by atoms with Gasteiger partial charge in [0.25, 0.3) is 11.1 Å². The summed E-state index contributed by atoms with van der Waals surface area (Å²) < 4.78 is 10.7. The third-order valence-corrected chi connectivity index (χ3v) is 5.17. The highest BCUT2D eigenvalue weighted by molar-refractivity contribution is 8.19. The maximum atomic E-state index is 12.8. The number of carbonyl (C=O) groups excluding carboxylic acids is 2. The van der Waals surface area contributed by atoms with Crippen molar-refractivity contribution in [3.8, 4) is 11.5 Å². The van der Waals surface area contributed by atoms with Crippen LogP contribution >= 0.6 is 23.4 Å². The van der Waals surface area contributed by atoms with E-state index in [0.717, 1.165) is 22.2 Å². The van der Waals surface area contributed by atoms with Crippen LogP contribution < -0.4 is 14.4 Å². The molecule has 0 aliphatic carbocycles. The van der Waals surface area contributed by atoms with Gasteiger partial charge in [0.15, 0.2) is 0 Å². The van der Waals surface area contributed by atoms with Gasteiger partial charge in [0.05, 0.1) is 29.8 Å². The highest BCUT2D eigenvalue weighted by Crippen LogP contribution is 2.40. The molecule has 5 nitrogen and oxygen atoms in total. The van der Waals surface area contributed by atoms with E-state index in [1.807, 2.05) is 6.92 Å². The van der Waals surface area contributed by atoms with Crippen molar-refractivity contribution in [2.45, 2.75) is 6.92 Å². The second-order valence-corrected chi connectivity index (χ2v) is 6.88. The Balaban J connectivity index is 2.02. The summed E-state index contributed by atoms with van der Waals surface area (Å²) in [5.41, 5.74) is 1.88. The molecule has 0 aromatic heterocycles. The van der Waals surface area contributed by atoms with E-state index in [1.165, 1.54) is 0 Å². The fourth-order valence-corrected chi connectivity index (χ4v) is 3.80. The summed E-state index contributed by atoms with van der Waals surface area (Å²) in [6, 6.07) is 10.3. The van der Waals surface area contributed by atoms with Crippen molar-refractivity contribution in [3.63, 3.8) is 0 Å². The number of amides is 2. The average Bonchev–Trinajstić information content (AvgIpc) is 2.90. The normalized spacial score (nSPS) is 15.7. The number of carbonyl (C=O) groups is 2. The molecule has 1 fully saturated rings. The lowest BCUT2D eigenvalue weighted by molar-refractivity contribution is -0.113. The summed E-state index contributed by atoms with van der Waals surface area (Å²) in [6.45, 7) is 1.87. The summed E-state index contributed by atoms with van der Waals surface area (Å²) in [6.07, 6.45) is 1.65. The lowest BCUT2D eigenvalue weighted by Gasteiger charge is -2.14. The Morgan fingerprint density at radius 2 is 1.81 bits per heavy atom. The number of ether oxygens (including phenoxy) is 2. The van der Waals surface area contributed by atoms with Crippen LogP contribution in [0, 0.1) is 6.92 Å². The lowest BCUT2D eigenvalue weighted by Crippen LogP contribution is -2.27. The number of hydrogen-bond acceptors (Lipinski definition) is 5. The lowest BCUT2D eigenvalue weighted by atomic mass is 10.1. The van der Waals surface area contributed by atoms with E-state index < -0.39 is 11.1 Å². The van der Waals surface area contributed by atoms with Gasteiger partial charge in [0, 0.05) is 11.1 Å². The molecule has 0 unspecified atom stereocenters. The number of para-hydroxylation sites is 1. The minimum Gasteiger partial charge on any atom is -0.496 e. The fraction of sp³-hybridized carbons (Fsp3) is 0.158. The molecule has 1 saturated heterocycles. The first-order valence-electron chi connectivity index (χ1n) is 7.72. The Morgan fingerprint density at radius 3 is 2.46 bits per heavy atom. The van der Waals surface area contributed by atoms with Crippen molar-refractivity contribution in [1.82, 2.24) is 0 Å². The van der Waals surface area contributed by atoms with Gasteiger partial charge in [0.2, 0.25) is 0 Å². The van der Waals surface area contributed by atoms with E-state index in [4.69, 9.17) is 21.1 Å². The second-order valence-electron chi connectivity index (χ2n) is 5.48. The zero-order valence-corrected chi connectivity index (χ0v) is 16.0. The molecule has 2 aromatic carbocycles. The molecule has 26 heavy (non-hydrogen) atoms. The summed E-state index contributed by atoms with van der Waals surface area (Å²) in [5, 5.41) is -0.0486. The molecule has 0 saturated carbocycles. The Kier molecular flexibility index (Phi) is 5.25. The Bertz CT molecular complexity index is 926. The highest BCUT2D eigenvalue weighted by atomic mass is 35.5. The third-order valence-electron chi connectivity index (χ3n) is 3.98. The van der Waals surface area contributed by atoms with Gasteiger partial charge in [0.1, 0.15) is 11.5 Å². The van der Waals surface area contributed by atoms with E-state index in [2.05, 4.69) is 0 Å². The van der Waals surface area contributed by atoms with Gasteiger partial charge in [-0.1, -0.05) is 23.7 Å². The van der Waals surface area contributed by atoms with E-state index >= 15 is 0 Å². The van der Waals surface area contributed by atoms with Crippen LogP contribution in [0.2, 0.25) is 5.02 Å². The molecular formula is C19H16ClNO4S. The van der Waals surface area contributed by atoms with Gasteiger partial charge in [-0.2, -0.15) is 0 Å². The number of thioether (sulfide) groups is 1. The van der Waals surface area contributed by atoms with E-state index in [1.54, 1.807) is 56.7 Å². The van der Waals surface area contributed by atoms with Crippen molar-refractivity contribution in [2.75, 3.05) is 19.1 Å². The van der Waals surface area contributed by atoms with Crippen LogP contribution in [0.3, 0.4) is 0 Å². The number of benzene rings is 2. The SMILES string of the molecule is COc1ccc(/C=C2/SC(=O)N(c3ccccc3Cl)C2=O)c(OC)c1C. The maximum absolute atomic E-state index is 12.8. The number of imide groups is 1. The van der Waals surface area contributed by atoms with Crippen LogP contribution in [0.4, 0.5) is 10.5 Å². The van der Waals surface area contributed by atoms with Crippen LogP contribution in [0.5, 0.6) is 11.5 Å². The smallest absolute Gasteiger partial charge is 0.298 e. The molecule has 1 aliphatic rings. The van der Waals surface area contributed by atoms with Gasteiger partial charge < -0.3 is 9.47 Å². The monoisotopic (exact) mass is 389 g/mol.